The Bertz CT molecular complexity index is 1100. The molecule has 1 fully saturated rings. The van der Waals surface area contributed by atoms with E-state index in [2.05, 4.69) is 0 Å². The molecule has 0 bridgehead atoms. The highest BCUT2D eigenvalue weighted by atomic mass is 32.1. The van der Waals surface area contributed by atoms with Gasteiger partial charge in [0.25, 0.3) is 0 Å². The molecule has 1 aliphatic heterocycles. The number of fused-ring (bicyclic) bond motifs is 1. The second-order valence-electron chi connectivity index (χ2n) is 7.84. The van der Waals surface area contributed by atoms with E-state index in [1.807, 2.05) is 41.5 Å². The molecule has 2 aromatic heterocycles. The van der Waals surface area contributed by atoms with Crippen molar-refractivity contribution in [2.45, 2.75) is 45.3 Å². The average molecular weight is 442 g/mol. The quantitative estimate of drug-likeness (QED) is 0.487. The summed E-state index contributed by atoms with van der Waals surface area (Å²) in [6, 6.07) is 9.47. The predicted molar refractivity (Wildman–Crippen MR) is 121 cm³/mol. The molecule has 164 valence electrons. The highest BCUT2D eigenvalue weighted by molar-refractivity contribution is 7.09. The Morgan fingerprint density at radius 3 is 2.90 bits per heavy atom. The summed E-state index contributed by atoms with van der Waals surface area (Å²) in [4.78, 5) is 28.8. The molecule has 7 heteroatoms. The molecule has 1 aromatic carbocycles. The first-order valence-corrected chi connectivity index (χ1v) is 11.4. The first kappa shape index (κ1) is 21.6. The number of carbonyl (C=O) groups is 1. The molecule has 0 aliphatic carbocycles. The van der Waals surface area contributed by atoms with Gasteiger partial charge < -0.3 is 18.8 Å². The number of hydrogen-bond donors (Lipinski definition) is 0. The van der Waals surface area contributed by atoms with Crippen LogP contribution in [0.3, 0.4) is 0 Å². The number of nitrogens with zero attached hydrogens (tertiary/aromatic N) is 1. The normalized spacial score (nSPS) is 16.0. The van der Waals surface area contributed by atoms with Crippen LogP contribution in [-0.2, 0) is 22.5 Å². The molecule has 0 radical (unpaired) electrons. The smallest absolute Gasteiger partial charge is 0.339 e. The van der Waals surface area contributed by atoms with Gasteiger partial charge in [0.05, 0.1) is 19.8 Å². The van der Waals surface area contributed by atoms with E-state index in [0.29, 0.717) is 36.4 Å². The molecule has 4 rings (SSSR count). The van der Waals surface area contributed by atoms with Gasteiger partial charge >= 0.3 is 5.63 Å². The molecule has 1 saturated heterocycles. The van der Waals surface area contributed by atoms with Gasteiger partial charge in [-0.25, -0.2) is 4.79 Å². The Hall–Kier alpha value is -2.64. The Kier molecular flexibility index (Phi) is 6.73. The maximum absolute atomic E-state index is 13.1. The van der Waals surface area contributed by atoms with E-state index < -0.39 is 5.63 Å². The molecule has 1 amide bonds. The molecular weight excluding hydrogens is 414 g/mol. The van der Waals surface area contributed by atoms with Crippen molar-refractivity contribution in [1.82, 2.24) is 4.90 Å². The summed E-state index contributed by atoms with van der Waals surface area (Å²) < 4.78 is 16.5. The number of carbonyl (C=O) groups excluding carboxylic acids is 1. The molecule has 6 nitrogen and oxygen atoms in total. The summed E-state index contributed by atoms with van der Waals surface area (Å²) in [6.07, 6.45) is 2.71. The van der Waals surface area contributed by atoms with Crippen molar-refractivity contribution in [1.29, 1.82) is 0 Å². The zero-order valence-corrected chi connectivity index (χ0v) is 18.7. The molecule has 1 unspecified atom stereocenters. The molecule has 3 aromatic rings. The topological polar surface area (TPSA) is 69.0 Å². The minimum Gasteiger partial charge on any atom is -0.497 e. The fraction of sp³-hybridized carbons (Fsp3) is 0.417. The molecular formula is C24H27NO5S. The summed E-state index contributed by atoms with van der Waals surface area (Å²) in [6.45, 7) is 3.82. The molecule has 0 spiro atoms. The Morgan fingerprint density at radius 2 is 2.19 bits per heavy atom. The SMILES string of the molecule is COc1ccc2c(C)c(CCC(=O)N(Cc3cccs3)CC3CCCO3)c(=O)oc2c1. The van der Waals surface area contributed by atoms with Gasteiger partial charge in [0.1, 0.15) is 11.3 Å². The van der Waals surface area contributed by atoms with Gasteiger partial charge in [-0.2, -0.15) is 0 Å². The van der Waals surface area contributed by atoms with E-state index in [9.17, 15) is 9.59 Å². The third kappa shape index (κ3) is 4.99. The molecule has 0 saturated carbocycles. The number of hydrogen-bond acceptors (Lipinski definition) is 6. The number of ether oxygens (including phenoxy) is 2. The predicted octanol–water partition coefficient (Wildman–Crippen LogP) is 4.31. The van der Waals surface area contributed by atoms with E-state index in [-0.39, 0.29) is 18.4 Å². The van der Waals surface area contributed by atoms with Gasteiger partial charge in [-0.3, -0.25) is 4.79 Å². The van der Waals surface area contributed by atoms with Crippen LogP contribution < -0.4 is 10.4 Å². The van der Waals surface area contributed by atoms with E-state index in [4.69, 9.17) is 13.9 Å². The van der Waals surface area contributed by atoms with Crippen molar-refractivity contribution in [2.75, 3.05) is 20.3 Å². The molecule has 3 heterocycles. The number of amides is 1. The zero-order valence-electron chi connectivity index (χ0n) is 17.9. The maximum Gasteiger partial charge on any atom is 0.339 e. The lowest BCUT2D eigenvalue weighted by atomic mass is 10.0. The van der Waals surface area contributed by atoms with Crippen LogP contribution >= 0.6 is 11.3 Å². The second-order valence-corrected chi connectivity index (χ2v) is 8.88. The van der Waals surface area contributed by atoms with E-state index in [0.717, 1.165) is 35.3 Å². The van der Waals surface area contributed by atoms with Crippen LogP contribution in [0, 0.1) is 6.92 Å². The van der Waals surface area contributed by atoms with Crippen molar-refractivity contribution in [3.8, 4) is 5.75 Å². The summed E-state index contributed by atoms with van der Waals surface area (Å²) in [7, 11) is 1.57. The van der Waals surface area contributed by atoms with E-state index in [1.165, 1.54) is 0 Å². The first-order chi connectivity index (χ1) is 15.0. The van der Waals surface area contributed by atoms with Gasteiger partial charge in [-0.05, 0) is 55.3 Å². The van der Waals surface area contributed by atoms with Crippen LogP contribution in [0.5, 0.6) is 5.75 Å². The van der Waals surface area contributed by atoms with Crippen LogP contribution in [0.25, 0.3) is 11.0 Å². The monoisotopic (exact) mass is 441 g/mol. The molecule has 1 atom stereocenters. The van der Waals surface area contributed by atoms with Crippen LogP contribution in [-0.4, -0.2) is 37.2 Å². The number of thiophene rings is 1. The van der Waals surface area contributed by atoms with Gasteiger partial charge in [0, 0.05) is 41.5 Å². The summed E-state index contributed by atoms with van der Waals surface area (Å²) in [5.74, 6) is 0.661. The molecule has 31 heavy (non-hydrogen) atoms. The van der Waals surface area contributed by atoms with Crippen LogP contribution in [0.2, 0.25) is 0 Å². The summed E-state index contributed by atoms with van der Waals surface area (Å²) in [5, 5.41) is 2.88. The molecule has 0 N–H and O–H groups in total. The number of methoxy groups -OCH3 is 1. The lowest BCUT2D eigenvalue weighted by Crippen LogP contribution is -2.37. The summed E-state index contributed by atoms with van der Waals surface area (Å²) >= 11 is 1.64. The third-order valence-corrected chi connectivity index (χ3v) is 6.67. The fourth-order valence-corrected chi connectivity index (χ4v) is 4.78. The number of aryl methyl sites for hydroxylation is 1. The van der Waals surface area contributed by atoms with Crippen molar-refractivity contribution >= 4 is 28.2 Å². The fourth-order valence-electron chi connectivity index (χ4n) is 4.06. The van der Waals surface area contributed by atoms with Crippen molar-refractivity contribution < 1.29 is 18.7 Å². The highest BCUT2D eigenvalue weighted by Gasteiger charge is 2.23. The number of rotatable bonds is 8. The average Bonchev–Trinajstić information content (AvgIpc) is 3.47. The third-order valence-electron chi connectivity index (χ3n) is 5.81. The van der Waals surface area contributed by atoms with Crippen molar-refractivity contribution in [2.24, 2.45) is 0 Å². The zero-order chi connectivity index (χ0) is 21.8. The first-order valence-electron chi connectivity index (χ1n) is 10.6. The van der Waals surface area contributed by atoms with Gasteiger partial charge in [0.15, 0.2) is 0 Å². The van der Waals surface area contributed by atoms with Crippen LogP contribution in [0.4, 0.5) is 0 Å². The molecule has 1 aliphatic rings. The van der Waals surface area contributed by atoms with Gasteiger partial charge in [0.2, 0.25) is 5.91 Å². The standard InChI is InChI=1S/C24H27NO5S/c1-16-20-8-7-17(28-2)13-22(20)30-24(27)21(16)9-10-23(26)25(14-18-5-3-11-29-18)15-19-6-4-12-31-19/h4,6-8,12-13,18H,3,5,9-11,14-15H2,1-2H3. The second kappa shape index (κ2) is 9.66. The van der Waals surface area contributed by atoms with E-state index in [1.54, 1.807) is 24.5 Å². The largest absolute Gasteiger partial charge is 0.497 e. The Labute approximate surface area is 185 Å². The highest BCUT2D eigenvalue weighted by Crippen LogP contribution is 2.25. The summed E-state index contributed by atoms with van der Waals surface area (Å²) in [5.41, 5.74) is 1.51. The lowest BCUT2D eigenvalue weighted by molar-refractivity contribution is -0.133. The van der Waals surface area contributed by atoms with Gasteiger partial charge in [-0.1, -0.05) is 6.07 Å². The Balaban J connectivity index is 1.51. The van der Waals surface area contributed by atoms with Crippen LogP contribution in [0.15, 0.2) is 44.9 Å². The minimum absolute atomic E-state index is 0.0255. The number of benzene rings is 1. The Morgan fingerprint density at radius 1 is 1.32 bits per heavy atom. The van der Waals surface area contributed by atoms with Crippen LogP contribution in [0.1, 0.15) is 35.3 Å². The van der Waals surface area contributed by atoms with Crippen molar-refractivity contribution in [3.63, 3.8) is 0 Å². The minimum atomic E-state index is -0.394. The van der Waals surface area contributed by atoms with E-state index >= 15 is 0 Å². The lowest BCUT2D eigenvalue weighted by Gasteiger charge is -2.25. The maximum atomic E-state index is 13.1. The van der Waals surface area contributed by atoms with Gasteiger partial charge in [-0.15, -0.1) is 11.3 Å². The van der Waals surface area contributed by atoms with Crippen molar-refractivity contribution in [3.05, 3.63) is 62.1 Å².